The van der Waals surface area contributed by atoms with Crippen molar-refractivity contribution >= 4 is 17.0 Å². The van der Waals surface area contributed by atoms with Crippen LogP contribution in [0.4, 0.5) is 5.95 Å². The number of fused-ring (bicyclic) bond motifs is 1. The molecule has 0 atom stereocenters. The highest BCUT2D eigenvalue weighted by Crippen LogP contribution is 2.32. The fraction of sp³-hybridized carbons (Fsp3) is 0.261. The summed E-state index contributed by atoms with van der Waals surface area (Å²) in [5, 5.41) is 9.13. The average molecular weight is 429 g/mol. The molecule has 0 saturated heterocycles. The third kappa shape index (κ3) is 3.73. The third-order valence-electron chi connectivity index (χ3n) is 5.28. The molecule has 0 amide bonds. The molecule has 0 saturated carbocycles. The Morgan fingerprint density at radius 3 is 2.81 bits per heavy atom. The van der Waals surface area contributed by atoms with Crippen LogP contribution in [-0.4, -0.2) is 34.7 Å². The lowest BCUT2D eigenvalue weighted by Crippen LogP contribution is -2.05. The van der Waals surface area contributed by atoms with E-state index in [1.54, 1.807) is 6.20 Å². The molecule has 5 rings (SSSR count). The molecule has 0 bridgehead atoms. The Morgan fingerprint density at radius 2 is 2.03 bits per heavy atom. The van der Waals surface area contributed by atoms with Crippen molar-refractivity contribution in [2.45, 2.75) is 40.3 Å². The predicted molar refractivity (Wildman–Crippen MR) is 122 cm³/mol. The molecule has 0 aliphatic rings. The Hall–Kier alpha value is -4.01. The molecule has 0 aliphatic heterocycles. The first kappa shape index (κ1) is 19.9. The molecule has 0 aliphatic carbocycles. The van der Waals surface area contributed by atoms with E-state index in [4.69, 9.17) is 14.5 Å². The SMILES string of the molecule is Cc1nc(CNc2nccc(-c3cn(C(C)C)nc3-c3cnc4[nH]ccc4c3)n2)c(C)o1. The van der Waals surface area contributed by atoms with E-state index in [0.717, 1.165) is 45.0 Å². The fourth-order valence-electron chi connectivity index (χ4n) is 3.62. The quantitative estimate of drug-likeness (QED) is 0.404. The number of nitrogens with one attached hydrogen (secondary N) is 2. The van der Waals surface area contributed by atoms with Gasteiger partial charge in [0.2, 0.25) is 5.95 Å². The number of aromatic nitrogens is 7. The highest BCUT2D eigenvalue weighted by Gasteiger charge is 2.17. The van der Waals surface area contributed by atoms with Gasteiger partial charge >= 0.3 is 0 Å². The van der Waals surface area contributed by atoms with Crippen molar-refractivity contribution in [3.8, 4) is 22.5 Å². The summed E-state index contributed by atoms with van der Waals surface area (Å²) >= 11 is 0. The maximum absolute atomic E-state index is 5.50. The third-order valence-corrected chi connectivity index (χ3v) is 5.28. The lowest BCUT2D eigenvalue weighted by atomic mass is 10.1. The van der Waals surface area contributed by atoms with E-state index in [2.05, 4.69) is 45.2 Å². The van der Waals surface area contributed by atoms with Crippen LogP contribution in [0, 0.1) is 13.8 Å². The molecule has 32 heavy (non-hydrogen) atoms. The van der Waals surface area contributed by atoms with Crippen LogP contribution in [0.1, 0.15) is 37.2 Å². The van der Waals surface area contributed by atoms with Crippen LogP contribution in [0.15, 0.2) is 47.4 Å². The zero-order valence-corrected chi connectivity index (χ0v) is 18.4. The van der Waals surface area contributed by atoms with Gasteiger partial charge in [0.1, 0.15) is 22.8 Å². The molecule has 5 aromatic rings. The predicted octanol–water partition coefficient (Wildman–Crippen LogP) is 4.68. The van der Waals surface area contributed by atoms with E-state index in [-0.39, 0.29) is 6.04 Å². The lowest BCUT2D eigenvalue weighted by Gasteiger charge is -2.06. The van der Waals surface area contributed by atoms with Crippen LogP contribution in [0.2, 0.25) is 0 Å². The second-order valence-corrected chi connectivity index (χ2v) is 7.96. The van der Waals surface area contributed by atoms with Crippen molar-refractivity contribution in [3.05, 3.63) is 60.3 Å². The van der Waals surface area contributed by atoms with Crippen molar-refractivity contribution < 1.29 is 4.42 Å². The van der Waals surface area contributed by atoms with Gasteiger partial charge in [-0.15, -0.1) is 0 Å². The minimum absolute atomic E-state index is 0.212. The topological polar surface area (TPSA) is 110 Å². The van der Waals surface area contributed by atoms with Crippen molar-refractivity contribution in [2.24, 2.45) is 0 Å². The molecule has 0 unspecified atom stereocenters. The van der Waals surface area contributed by atoms with Crippen LogP contribution in [-0.2, 0) is 6.54 Å². The van der Waals surface area contributed by atoms with Crippen molar-refractivity contribution in [2.75, 3.05) is 5.32 Å². The molecule has 0 radical (unpaired) electrons. The van der Waals surface area contributed by atoms with E-state index in [0.29, 0.717) is 18.4 Å². The van der Waals surface area contributed by atoms with Crippen molar-refractivity contribution in [3.63, 3.8) is 0 Å². The molecule has 0 fully saturated rings. The number of pyridine rings is 1. The molecule has 9 heteroatoms. The molecule has 0 aromatic carbocycles. The standard InChI is InChI=1S/C23H24N8O/c1-13(2)31-12-18(21(30-31)17-9-16-5-7-24-22(16)26-10-17)19-6-8-25-23(29-19)27-11-20-14(3)32-15(4)28-20/h5-10,12-13H,11H2,1-4H3,(H,24,26)(H,25,27,29). The minimum atomic E-state index is 0.212. The Kier molecular flexibility index (Phi) is 4.93. The minimum Gasteiger partial charge on any atom is -0.446 e. The number of aryl methyl sites for hydroxylation is 2. The molecule has 0 spiro atoms. The Labute approximate surface area is 185 Å². The first-order valence-corrected chi connectivity index (χ1v) is 10.5. The first-order valence-electron chi connectivity index (χ1n) is 10.5. The molecule has 5 heterocycles. The van der Waals surface area contributed by atoms with Crippen LogP contribution in [0.3, 0.4) is 0 Å². The highest BCUT2D eigenvalue weighted by atomic mass is 16.4. The maximum atomic E-state index is 5.50. The second kappa shape index (κ2) is 7.92. The highest BCUT2D eigenvalue weighted by molar-refractivity contribution is 5.85. The van der Waals surface area contributed by atoms with Gasteiger partial charge in [-0.2, -0.15) is 5.10 Å². The van der Waals surface area contributed by atoms with E-state index >= 15 is 0 Å². The lowest BCUT2D eigenvalue weighted by molar-refractivity contribution is 0.493. The summed E-state index contributed by atoms with van der Waals surface area (Å²) in [6, 6.07) is 6.20. The fourth-order valence-corrected chi connectivity index (χ4v) is 3.62. The van der Waals surface area contributed by atoms with Gasteiger partial charge in [0, 0.05) is 54.3 Å². The molecule has 162 valence electrons. The van der Waals surface area contributed by atoms with Crippen molar-refractivity contribution in [1.82, 2.24) is 34.7 Å². The molecular formula is C23H24N8O. The summed E-state index contributed by atoms with van der Waals surface area (Å²) < 4.78 is 7.45. The summed E-state index contributed by atoms with van der Waals surface area (Å²) in [6.45, 7) is 8.42. The number of aromatic amines is 1. The number of H-pyrrole nitrogens is 1. The van der Waals surface area contributed by atoms with Crippen LogP contribution in [0.5, 0.6) is 0 Å². The summed E-state index contributed by atoms with van der Waals surface area (Å²) in [5.41, 5.74) is 5.18. The summed E-state index contributed by atoms with van der Waals surface area (Å²) in [5.74, 6) is 1.96. The summed E-state index contributed by atoms with van der Waals surface area (Å²) in [4.78, 5) is 21.2. The van der Waals surface area contributed by atoms with Crippen LogP contribution in [0.25, 0.3) is 33.5 Å². The molecule has 5 aromatic heterocycles. The molecule has 2 N–H and O–H groups in total. The number of anilines is 1. The average Bonchev–Trinajstić information content (AvgIpc) is 3.50. The normalized spacial score (nSPS) is 11.5. The van der Waals surface area contributed by atoms with E-state index < -0.39 is 0 Å². The summed E-state index contributed by atoms with van der Waals surface area (Å²) in [7, 11) is 0. The number of hydrogen-bond donors (Lipinski definition) is 2. The van der Waals surface area contributed by atoms with Crippen molar-refractivity contribution in [1.29, 1.82) is 0 Å². The van der Waals surface area contributed by atoms with Gasteiger partial charge in [0.05, 0.1) is 12.2 Å². The number of oxazole rings is 1. The largest absolute Gasteiger partial charge is 0.446 e. The number of nitrogens with zero attached hydrogens (tertiary/aromatic N) is 6. The zero-order valence-electron chi connectivity index (χ0n) is 18.4. The van der Waals surface area contributed by atoms with Crippen LogP contribution < -0.4 is 5.32 Å². The van der Waals surface area contributed by atoms with Gasteiger partial charge in [-0.25, -0.2) is 19.9 Å². The van der Waals surface area contributed by atoms with Gasteiger partial charge in [0.25, 0.3) is 0 Å². The van der Waals surface area contributed by atoms with Gasteiger partial charge in [0.15, 0.2) is 5.89 Å². The Bertz CT molecular complexity index is 1390. The zero-order chi connectivity index (χ0) is 22.2. The van der Waals surface area contributed by atoms with E-state index in [1.807, 2.05) is 49.3 Å². The Morgan fingerprint density at radius 1 is 1.16 bits per heavy atom. The smallest absolute Gasteiger partial charge is 0.223 e. The van der Waals surface area contributed by atoms with Gasteiger partial charge < -0.3 is 14.7 Å². The van der Waals surface area contributed by atoms with E-state index in [9.17, 15) is 0 Å². The van der Waals surface area contributed by atoms with Gasteiger partial charge in [-0.3, -0.25) is 4.68 Å². The Balaban J connectivity index is 1.51. The second-order valence-electron chi connectivity index (χ2n) is 7.96. The summed E-state index contributed by atoms with van der Waals surface area (Å²) in [6.07, 6.45) is 7.50. The van der Waals surface area contributed by atoms with Gasteiger partial charge in [-0.1, -0.05) is 0 Å². The monoisotopic (exact) mass is 428 g/mol. The van der Waals surface area contributed by atoms with Gasteiger partial charge in [-0.05, 0) is 39.0 Å². The number of rotatable bonds is 6. The molecular weight excluding hydrogens is 404 g/mol. The van der Waals surface area contributed by atoms with Crippen LogP contribution >= 0.6 is 0 Å². The maximum Gasteiger partial charge on any atom is 0.223 e. The van der Waals surface area contributed by atoms with E-state index in [1.165, 1.54) is 0 Å². The molecule has 9 nitrogen and oxygen atoms in total. The number of hydrogen-bond acceptors (Lipinski definition) is 7. The first-order chi connectivity index (χ1) is 15.5.